The first-order valence-corrected chi connectivity index (χ1v) is 9.03. The summed E-state index contributed by atoms with van der Waals surface area (Å²) in [5, 5.41) is 11.9. The molecular weight excluding hydrogens is 375 g/mol. The summed E-state index contributed by atoms with van der Waals surface area (Å²) >= 11 is 12.0. The molecule has 1 saturated heterocycles. The Labute approximate surface area is 160 Å². The summed E-state index contributed by atoms with van der Waals surface area (Å²) in [4.78, 5) is 14.9. The minimum absolute atomic E-state index is 0.0830. The molecule has 3 heterocycles. The minimum atomic E-state index is -0.111. The molecule has 1 N–H and O–H groups in total. The number of rotatable bonds is 3. The number of carbonyl (C=O) groups is 1. The molecule has 1 unspecified atom stereocenters. The van der Waals surface area contributed by atoms with E-state index in [1.54, 1.807) is 24.4 Å². The molecule has 1 atom stereocenters. The van der Waals surface area contributed by atoms with E-state index in [2.05, 4.69) is 15.4 Å². The van der Waals surface area contributed by atoms with Crippen molar-refractivity contribution in [2.24, 2.45) is 0 Å². The van der Waals surface area contributed by atoms with Crippen LogP contribution in [0.25, 0.3) is 11.3 Å². The fraction of sp³-hybridized carbons (Fsp3) is 0.278. The lowest BCUT2D eigenvalue weighted by molar-refractivity contribution is 0.0733. The minimum Gasteiger partial charge on any atom is -0.356 e. The predicted octanol–water partition coefficient (Wildman–Crippen LogP) is 4.66. The van der Waals surface area contributed by atoms with Gasteiger partial charge >= 0.3 is 0 Å². The average Bonchev–Trinajstić information content (AvgIpc) is 3.35. The van der Waals surface area contributed by atoms with Crippen molar-refractivity contribution >= 4 is 29.1 Å². The van der Waals surface area contributed by atoms with Gasteiger partial charge in [-0.15, -0.1) is 0 Å². The van der Waals surface area contributed by atoms with E-state index in [1.165, 1.54) is 0 Å². The number of likely N-dealkylation sites (tertiary alicyclic amines) is 1. The van der Waals surface area contributed by atoms with Gasteiger partial charge in [0, 0.05) is 18.2 Å². The van der Waals surface area contributed by atoms with Crippen LogP contribution >= 0.6 is 23.2 Å². The zero-order valence-electron chi connectivity index (χ0n) is 14.0. The Morgan fingerprint density at radius 3 is 2.88 bits per heavy atom. The van der Waals surface area contributed by atoms with Gasteiger partial charge in [-0.05, 0) is 38.0 Å². The number of nitrogens with zero attached hydrogens (tertiary/aromatic N) is 3. The van der Waals surface area contributed by atoms with Gasteiger partial charge in [0.05, 0.1) is 39.2 Å². The third-order valence-corrected chi connectivity index (χ3v) is 5.31. The van der Waals surface area contributed by atoms with Gasteiger partial charge in [0.25, 0.3) is 5.91 Å². The number of amides is 1. The van der Waals surface area contributed by atoms with Crippen molar-refractivity contribution in [2.75, 3.05) is 6.54 Å². The fourth-order valence-corrected chi connectivity index (χ4v) is 3.64. The van der Waals surface area contributed by atoms with E-state index < -0.39 is 0 Å². The zero-order chi connectivity index (χ0) is 18.3. The predicted molar refractivity (Wildman–Crippen MR) is 98.3 cm³/mol. The monoisotopic (exact) mass is 390 g/mol. The first kappa shape index (κ1) is 17.1. The number of H-pyrrole nitrogens is 1. The van der Waals surface area contributed by atoms with Crippen LogP contribution in [0.15, 0.2) is 35.0 Å². The second-order valence-corrected chi connectivity index (χ2v) is 7.13. The van der Waals surface area contributed by atoms with Gasteiger partial charge < -0.3 is 9.42 Å². The normalized spacial score (nSPS) is 17.0. The Bertz CT molecular complexity index is 966. The zero-order valence-corrected chi connectivity index (χ0v) is 15.5. The van der Waals surface area contributed by atoms with Gasteiger partial charge in [0.2, 0.25) is 0 Å². The molecule has 0 saturated carbocycles. The summed E-state index contributed by atoms with van der Waals surface area (Å²) in [6.45, 7) is 2.53. The molecule has 2 aromatic heterocycles. The average molecular weight is 391 g/mol. The van der Waals surface area contributed by atoms with Gasteiger partial charge in [-0.1, -0.05) is 28.4 Å². The molecule has 1 aliphatic heterocycles. The highest BCUT2D eigenvalue weighted by Gasteiger charge is 2.34. The molecule has 0 radical (unpaired) electrons. The van der Waals surface area contributed by atoms with Crippen molar-refractivity contribution in [3.8, 4) is 11.3 Å². The summed E-state index contributed by atoms with van der Waals surface area (Å²) in [6, 6.07) is 6.68. The molecule has 0 spiro atoms. The number of aromatic nitrogens is 3. The van der Waals surface area contributed by atoms with E-state index in [-0.39, 0.29) is 11.9 Å². The lowest BCUT2D eigenvalue weighted by Crippen LogP contribution is -2.31. The number of aryl methyl sites for hydroxylation is 1. The summed E-state index contributed by atoms with van der Waals surface area (Å²) < 4.78 is 5.37. The standard InChI is InChI=1S/C18H16Cl2N4O2/c1-10-7-16(26-23-10)12-9-21-22-17(12)15-3-2-6-24(15)18(25)11-4-5-13(19)14(20)8-11/h4-5,7-9,15H,2-3,6H2,1H3,(H,21,22). The maximum absolute atomic E-state index is 13.0. The van der Waals surface area contributed by atoms with Crippen LogP contribution in [0.1, 0.15) is 40.6 Å². The molecule has 4 rings (SSSR count). The summed E-state index contributed by atoms with van der Waals surface area (Å²) in [6.07, 6.45) is 3.45. The van der Waals surface area contributed by atoms with E-state index in [4.69, 9.17) is 27.7 Å². The third-order valence-electron chi connectivity index (χ3n) is 4.58. The number of carbonyl (C=O) groups excluding carboxylic acids is 1. The van der Waals surface area contributed by atoms with Gasteiger partial charge in [-0.25, -0.2) is 0 Å². The number of hydrogen-bond donors (Lipinski definition) is 1. The molecule has 26 heavy (non-hydrogen) atoms. The van der Waals surface area contributed by atoms with Gasteiger partial charge in [-0.2, -0.15) is 5.10 Å². The van der Waals surface area contributed by atoms with E-state index in [9.17, 15) is 4.79 Å². The van der Waals surface area contributed by atoms with Crippen molar-refractivity contribution in [3.63, 3.8) is 0 Å². The molecule has 3 aromatic rings. The van der Waals surface area contributed by atoms with Crippen LogP contribution in [0.5, 0.6) is 0 Å². The van der Waals surface area contributed by atoms with Crippen molar-refractivity contribution in [3.05, 3.63) is 57.5 Å². The number of nitrogens with one attached hydrogen (secondary N) is 1. The van der Waals surface area contributed by atoms with Crippen LogP contribution < -0.4 is 0 Å². The smallest absolute Gasteiger partial charge is 0.254 e. The largest absolute Gasteiger partial charge is 0.356 e. The number of benzene rings is 1. The maximum atomic E-state index is 13.0. The number of aromatic amines is 1. The Kier molecular flexibility index (Phi) is 4.46. The summed E-state index contributed by atoms with van der Waals surface area (Å²) in [5.74, 6) is 0.556. The second-order valence-electron chi connectivity index (χ2n) is 6.32. The first-order valence-electron chi connectivity index (χ1n) is 8.27. The van der Waals surface area contributed by atoms with Crippen molar-refractivity contribution in [1.29, 1.82) is 0 Å². The van der Waals surface area contributed by atoms with Gasteiger partial charge in [0.1, 0.15) is 0 Å². The maximum Gasteiger partial charge on any atom is 0.254 e. The molecule has 1 fully saturated rings. The Morgan fingerprint density at radius 1 is 1.31 bits per heavy atom. The van der Waals surface area contributed by atoms with Crippen molar-refractivity contribution < 1.29 is 9.32 Å². The highest BCUT2D eigenvalue weighted by atomic mass is 35.5. The topological polar surface area (TPSA) is 75.0 Å². The lowest BCUT2D eigenvalue weighted by atomic mass is 10.0. The quantitative estimate of drug-likeness (QED) is 0.705. The van der Waals surface area contributed by atoms with Crippen LogP contribution in [0.4, 0.5) is 0 Å². The van der Waals surface area contributed by atoms with Crippen LogP contribution in [-0.2, 0) is 0 Å². The second kappa shape index (κ2) is 6.78. The molecule has 0 aliphatic carbocycles. The number of halogens is 2. The number of hydrogen-bond acceptors (Lipinski definition) is 4. The molecule has 6 nitrogen and oxygen atoms in total. The molecule has 8 heteroatoms. The molecule has 1 aromatic carbocycles. The molecule has 0 bridgehead atoms. The van der Waals surface area contributed by atoms with Crippen LogP contribution in [0, 0.1) is 6.92 Å². The third kappa shape index (κ3) is 2.99. The fourth-order valence-electron chi connectivity index (χ4n) is 3.34. The summed E-state index contributed by atoms with van der Waals surface area (Å²) in [7, 11) is 0. The first-order chi connectivity index (χ1) is 12.5. The van der Waals surface area contributed by atoms with Crippen LogP contribution in [0.2, 0.25) is 10.0 Å². The molecule has 1 amide bonds. The van der Waals surface area contributed by atoms with E-state index in [1.807, 2.05) is 17.9 Å². The SMILES string of the molecule is Cc1cc(-c2cn[nH]c2C2CCCN2C(=O)c2ccc(Cl)c(Cl)c2)on1. The van der Waals surface area contributed by atoms with E-state index in [0.29, 0.717) is 27.9 Å². The Morgan fingerprint density at radius 2 is 2.15 bits per heavy atom. The molecule has 1 aliphatic rings. The highest BCUT2D eigenvalue weighted by molar-refractivity contribution is 6.42. The van der Waals surface area contributed by atoms with Crippen LogP contribution in [-0.4, -0.2) is 32.7 Å². The van der Waals surface area contributed by atoms with E-state index >= 15 is 0 Å². The highest BCUT2D eigenvalue weighted by Crippen LogP contribution is 2.37. The Balaban J connectivity index is 1.66. The Hall–Kier alpha value is -2.31. The van der Waals surface area contributed by atoms with Crippen molar-refractivity contribution in [1.82, 2.24) is 20.3 Å². The van der Waals surface area contributed by atoms with Crippen molar-refractivity contribution in [2.45, 2.75) is 25.8 Å². The van der Waals surface area contributed by atoms with Gasteiger partial charge in [-0.3, -0.25) is 9.89 Å². The van der Waals surface area contributed by atoms with Gasteiger partial charge in [0.15, 0.2) is 5.76 Å². The lowest BCUT2D eigenvalue weighted by Gasteiger charge is -2.24. The molecule has 134 valence electrons. The summed E-state index contributed by atoms with van der Waals surface area (Å²) in [5.41, 5.74) is 2.99. The molecular formula is C18H16Cl2N4O2. The van der Waals surface area contributed by atoms with Crippen LogP contribution in [0.3, 0.4) is 0 Å². The van der Waals surface area contributed by atoms with E-state index in [0.717, 1.165) is 29.8 Å².